The Morgan fingerprint density at radius 2 is 2.42 bits per heavy atom. The van der Waals surface area contributed by atoms with Crippen molar-refractivity contribution in [3.8, 4) is 0 Å². The molecule has 0 atom stereocenters. The number of unbranched alkanes of at least 4 members (excludes halogenated alkanes) is 2. The standard InChI is InChI=1S/C12H20BN3O3/c1-3-5-6-10-18-13(7-4-2)19-15-12(17)16-9-8-14-11-16/h4,8-9,11H,2-3,5-7,10H2,1H3,(H,15,17). The van der Waals surface area contributed by atoms with Crippen LogP contribution >= 0.6 is 0 Å². The van der Waals surface area contributed by atoms with Gasteiger partial charge < -0.3 is 4.65 Å². The van der Waals surface area contributed by atoms with Gasteiger partial charge in [-0.3, -0.25) is 9.32 Å². The predicted molar refractivity (Wildman–Crippen MR) is 73.5 cm³/mol. The zero-order valence-electron chi connectivity index (χ0n) is 11.2. The van der Waals surface area contributed by atoms with Gasteiger partial charge in [0, 0.05) is 25.3 Å². The van der Waals surface area contributed by atoms with Gasteiger partial charge in [-0.25, -0.2) is 15.3 Å². The second-order valence-corrected chi connectivity index (χ2v) is 4.03. The van der Waals surface area contributed by atoms with Gasteiger partial charge in [-0.2, -0.15) is 0 Å². The Morgan fingerprint density at radius 3 is 3.05 bits per heavy atom. The number of carbonyl (C=O) groups is 1. The number of hydrogen-bond donors (Lipinski definition) is 1. The lowest BCUT2D eigenvalue weighted by Crippen LogP contribution is -2.36. The molecule has 0 spiro atoms. The van der Waals surface area contributed by atoms with Gasteiger partial charge in [-0.1, -0.05) is 25.8 Å². The number of aromatic nitrogens is 2. The van der Waals surface area contributed by atoms with Crippen molar-refractivity contribution in [1.82, 2.24) is 15.0 Å². The van der Waals surface area contributed by atoms with Crippen molar-refractivity contribution in [2.45, 2.75) is 32.5 Å². The SMILES string of the molecule is C=CCB(OCCCCC)ONC(=O)n1ccnc1. The molecule has 7 heteroatoms. The van der Waals surface area contributed by atoms with Crippen LogP contribution in [0.3, 0.4) is 0 Å². The molecule has 1 N–H and O–H groups in total. The molecule has 0 saturated heterocycles. The second kappa shape index (κ2) is 9.35. The number of hydrogen-bond acceptors (Lipinski definition) is 4. The maximum Gasteiger partial charge on any atom is 0.485 e. The number of amides is 1. The molecule has 0 aliphatic rings. The van der Waals surface area contributed by atoms with Crippen LogP contribution in [0.25, 0.3) is 0 Å². The van der Waals surface area contributed by atoms with Crippen molar-refractivity contribution in [3.63, 3.8) is 0 Å². The summed E-state index contributed by atoms with van der Waals surface area (Å²) in [5, 5.41) is 0. The van der Waals surface area contributed by atoms with E-state index in [0.717, 1.165) is 19.3 Å². The molecule has 1 aromatic rings. The van der Waals surface area contributed by atoms with Crippen LogP contribution in [0.4, 0.5) is 4.79 Å². The Labute approximate surface area is 113 Å². The van der Waals surface area contributed by atoms with Crippen LogP contribution in [0.15, 0.2) is 31.4 Å². The molecule has 1 aromatic heterocycles. The number of allylic oxidation sites excluding steroid dienone is 1. The molecule has 0 radical (unpaired) electrons. The maximum absolute atomic E-state index is 11.6. The lowest BCUT2D eigenvalue weighted by molar-refractivity contribution is 0.134. The van der Waals surface area contributed by atoms with Crippen LogP contribution in [-0.2, 0) is 9.41 Å². The summed E-state index contributed by atoms with van der Waals surface area (Å²) in [6.07, 6.45) is 9.86. The Morgan fingerprint density at radius 1 is 1.58 bits per heavy atom. The summed E-state index contributed by atoms with van der Waals surface area (Å²) in [7, 11) is -0.512. The fourth-order valence-corrected chi connectivity index (χ4v) is 1.40. The van der Waals surface area contributed by atoms with Gasteiger partial charge in [-0.15, -0.1) is 6.58 Å². The fourth-order valence-electron chi connectivity index (χ4n) is 1.40. The molecule has 1 heterocycles. The van der Waals surface area contributed by atoms with E-state index in [4.69, 9.17) is 9.41 Å². The summed E-state index contributed by atoms with van der Waals surface area (Å²) >= 11 is 0. The first kappa shape index (κ1) is 15.5. The van der Waals surface area contributed by atoms with Crippen molar-refractivity contribution >= 4 is 13.1 Å². The van der Waals surface area contributed by atoms with Crippen molar-refractivity contribution in [3.05, 3.63) is 31.4 Å². The molecule has 1 rings (SSSR count). The highest BCUT2D eigenvalue weighted by Gasteiger charge is 2.18. The van der Waals surface area contributed by atoms with E-state index in [1.165, 1.54) is 23.3 Å². The number of rotatable bonds is 9. The monoisotopic (exact) mass is 265 g/mol. The minimum absolute atomic E-state index is 0.413. The van der Waals surface area contributed by atoms with Gasteiger partial charge in [0.05, 0.1) is 0 Å². The Bertz CT molecular complexity index is 370. The highest BCUT2D eigenvalue weighted by atomic mass is 16.7. The average molecular weight is 265 g/mol. The number of imidazole rings is 1. The van der Waals surface area contributed by atoms with E-state index in [9.17, 15) is 4.79 Å². The Kier molecular flexibility index (Phi) is 7.61. The molecule has 0 bridgehead atoms. The molecule has 104 valence electrons. The van der Waals surface area contributed by atoms with E-state index in [1.54, 1.807) is 6.08 Å². The van der Waals surface area contributed by atoms with E-state index < -0.39 is 13.1 Å². The number of hydroxylamine groups is 1. The van der Waals surface area contributed by atoms with E-state index in [0.29, 0.717) is 12.9 Å². The molecule has 0 fully saturated rings. The Hall–Kier alpha value is -1.60. The zero-order valence-corrected chi connectivity index (χ0v) is 11.2. The molecule has 0 unspecified atom stereocenters. The van der Waals surface area contributed by atoms with Crippen LogP contribution in [-0.4, -0.2) is 29.3 Å². The number of nitrogens with zero attached hydrogens (tertiary/aromatic N) is 2. The normalized spacial score (nSPS) is 10.2. The van der Waals surface area contributed by atoms with Crippen molar-refractivity contribution in [2.75, 3.05) is 6.61 Å². The topological polar surface area (TPSA) is 65.4 Å². The van der Waals surface area contributed by atoms with Gasteiger partial charge in [0.15, 0.2) is 0 Å². The van der Waals surface area contributed by atoms with E-state index in [-0.39, 0.29) is 0 Å². The molecule has 0 aliphatic carbocycles. The van der Waals surface area contributed by atoms with Gasteiger partial charge in [-0.05, 0) is 6.42 Å². The molecule has 1 amide bonds. The van der Waals surface area contributed by atoms with Crippen LogP contribution in [0.5, 0.6) is 0 Å². The number of carbonyl (C=O) groups excluding carboxylic acids is 1. The fraction of sp³-hybridized carbons (Fsp3) is 0.500. The van der Waals surface area contributed by atoms with Gasteiger partial charge in [0.25, 0.3) is 0 Å². The first-order valence-corrected chi connectivity index (χ1v) is 6.44. The highest BCUT2D eigenvalue weighted by molar-refractivity contribution is 6.45. The van der Waals surface area contributed by atoms with E-state index in [2.05, 4.69) is 24.0 Å². The summed E-state index contributed by atoms with van der Waals surface area (Å²) in [5.74, 6) is 0. The van der Waals surface area contributed by atoms with Crippen LogP contribution < -0.4 is 5.48 Å². The highest BCUT2D eigenvalue weighted by Crippen LogP contribution is 2.01. The molecule has 0 saturated carbocycles. The summed E-state index contributed by atoms with van der Waals surface area (Å²) in [5.41, 5.74) is 2.32. The first-order valence-electron chi connectivity index (χ1n) is 6.44. The van der Waals surface area contributed by atoms with Gasteiger partial charge in [0.2, 0.25) is 0 Å². The van der Waals surface area contributed by atoms with E-state index in [1.807, 2.05) is 0 Å². The minimum Gasteiger partial charge on any atom is -0.410 e. The van der Waals surface area contributed by atoms with Crippen LogP contribution in [0, 0.1) is 0 Å². The zero-order chi connectivity index (χ0) is 13.9. The smallest absolute Gasteiger partial charge is 0.410 e. The molecule has 19 heavy (non-hydrogen) atoms. The third-order valence-corrected chi connectivity index (χ3v) is 2.43. The molecule has 0 aromatic carbocycles. The van der Waals surface area contributed by atoms with E-state index >= 15 is 0 Å². The molecule has 0 aliphatic heterocycles. The minimum atomic E-state index is -0.512. The van der Waals surface area contributed by atoms with Crippen molar-refractivity contribution in [2.24, 2.45) is 0 Å². The predicted octanol–water partition coefficient (Wildman–Crippen LogP) is 2.25. The maximum atomic E-state index is 11.6. The quantitative estimate of drug-likeness (QED) is 0.322. The summed E-state index contributed by atoms with van der Waals surface area (Å²) < 4.78 is 12.0. The van der Waals surface area contributed by atoms with Crippen LogP contribution in [0.1, 0.15) is 26.2 Å². The first-order chi connectivity index (χ1) is 9.27. The average Bonchev–Trinajstić information content (AvgIpc) is 2.94. The van der Waals surface area contributed by atoms with Gasteiger partial charge in [0.1, 0.15) is 6.33 Å². The third-order valence-electron chi connectivity index (χ3n) is 2.43. The van der Waals surface area contributed by atoms with Crippen LogP contribution in [0.2, 0.25) is 6.32 Å². The van der Waals surface area contributed by atoms with Crippen molar-refractivity contribution < 1.29 is 14.2 Å². The lowest BCUT2D eigenvalue weighted by Gasteiger charge is -2.13. The van der Waals surface area contributed by atoms with Gasteiger partial charge >= 0.3 is 13.1 Å². The van der Waals surface area contributed by atoms with Crippen molar-refractivity contribution in [1.29, 1.82) is 0 Å². The summed E-state index contributed by atoms with van der Waals surface area (Å²) in [4.78, 5) is 15.4. The largest absolute Gasteiger partial charge is 0.485 e. The third kappa shape index (κ3) is 6.21. The lowest BCUT2D eigenvalue weighted by atomic mass is 9.85. The summed E-state index contributed by atoms with van der Waals surface area (Å²) in [6.45, 7) is 6.37. The second-order valence-electron chi connectivity index (χ2n) is 4.03. The molecular formula is C12H20BN3O3. The summed E-state index contributed by atoms with van der Waals surface area (Å²) in [6, 6.07) is -0.413. The molecular weight excluding hydrogens is 245 g/mol. The Balaban J connectivity index is 2.28. The number of nitrogens with one attached hydrogen (secondary N) is 1. The molecule has 6 nitrogen and oxygen atoms in total.